The van der Waals surface area contributed by atoms with E-state index in [0.717, 1.165) is 50.6 Å². The van der Waals surface area contributed by atoms with E-state index in [1.165, 1.54) is 33.3 Å². The Morgan fingerprint density at radius 1 is 0.574 bits per heavy atom. The molecule has 8 aromatic rings. The molecular weight excluding hydrogens is 661 g/mol. The Morgan fingerprint density at radius 2 is 1.30 bits per heavy atom. The van der Waals surface area contributed by atoms with Gasteiger partial charge in [0, 0.05) is 52.9 Å². The van der Waals surface area contributed by atoms with Crippen molar-refractivity contribution in [3.8, 4) is 39.6 Å². The van der Waals surface area contributed by atoms with E-state index in [1.54, 1.807) is 0 Å². The molecule has 0 saturated heterocycles. The summed E-state index contributed by atoms with van der Waals surface area (Å²) in [5.74, 6) is 2.44. The van der Waals surface area contributed by atoms with Crippen LogP contribution in [0.25, 0.3) is 49.9 Å². The highest BCUT2D eigenvalue weighted by Gasteiger charge is 2.21. The molecule has 0 aliphatic carbocycles. The summed E-state index contributed by atoms with van der Waals surface area (Å²) in [5.41, 5.74) is 11.6. The molecule has 0 amide bonds. The SMILES string of the molecule is Cc1c(-c2ccccc2)cccc1N1C=CN(c2cc(Oc3ccc4c5ccccc5n(-c5cc(C(C)(C)C)ccn5)c4c3)cc(-c3ccccc3)c2)C1. The van der Waals surface area contributed by atoms with E-state index in [2.05, 4.69) is 206 Å². The summed E-state index contributed by atoms with van der Waals surface area (Å²) in [6, 6.07) is 53.5. The number of pyridine rings is 1. The lowest BCUT2D eigenvalue weighted by Crippen LogP contribution is -2.25. The topological polar surface area (TPSA) is 33.5 Å². The van der Waals surface area contributed by atoms with Crippen molar-refractivity contribution in [2.24, 2.45) is 0 Å². The minimum Gasteiger partial charge on any atom is -0.457 e. The Morgan fingerprint density at radius 3 is 2.09 bits per heavy atom. The summed E-state index contributed by atoms with van der Waals surface area (Å²) in [5, 5.41) is 2.35. The van der Waals surface area contributed by atoms with Crippen molar-refractivity contribution in [3.63, 3.8) is 0 Å². The molecule has 0 spiro atoms. The van der Waals surface area contributed by atoms with Gasteiger partial charge in [-0.3, -0.25) is 4.57 Å². The van der Waals surface area contributed by atoms with Gasteiger partial charge < -0.3 is 14.5 Å². The third kappa shape index (κ3) is 6.18. The molecule has 0 bridgehead atoms. The molecule has 5 nitrogen and oxygen atoms in total. The Labute approximate surface area is 317 Å². The average Bonchev–Trinajstić information content (AvgIpc) is 3.82. The Hall–Kier alpha value is -6.59. The van der Waals surface area contributed by atoms with Crippen molar-refractivity contribution >= 4 is 33.2 Å². The molecule has 0 atom stereocenters. The van der Waals surface area contributed by atoms with E-state index in [9.17, 15) is 0 Å². The van der Waals surface area contributed by atoms with Gasteiger partial charge in [0.15, 0.2) is 0 Å². The van der Waals surface area contributed by atoms with E-state index in [4.69, 9.17) is 9.72 Å². The largest absolute Gasteiger partial charge is 0.457 e. The van der Waals surface area contributed by atoms with Crippen molar-refractivity contribution < 1.29 is 4.74 Å². The van der Waals surface area contributed by atoms with Crippen LogP contribution in [0.4, 0.5) is 11.4 Å². The number of nitrogens with zero attached hydrogens (tertiary/aromatic N) is 4. The van der Waals surface area contributed by atoms with Gasteiger partial charge in [-0.2, -0.15) is 0 Å². The highest BCUT2D eigenvalue weighted by molar-refractivity contribution is 6.09. The van der Waals surface area contributed by atoms with E-state index in [0.29, 0.717) is 6.67 Å². The van der Waals surface area contributed by atoms with Crippen LogP contribution >= 0.6 is 0 Å². The molecule has 54 heavy (non-hydrogen) atoms. The second-order valence-corrected chi connectivity index (χ2v) is 15.1. The van der Waals surface area contributed by atoms with Gasteiger partial charge >= 0.3 is 0 Å². The van der Waals surface area contributed by atoms with Gasteiger partial charge in [0.1, 0.15) is 17.3 Å². The van der Waals surface area contributed by atoms with Crippen molar-refractivity contribution in [1.82, 2.24) is 9.55 Å². The molecule has 0 N–H and O–H groups in total. The van der Waals surface area contributed by atoms with Crippen LogP contribution in [0, 0.1) is 6.92 Å². The zero-order valence-corrected chi connectivity index (χ0v) is 31.1. The van der Waals surface area contributed by atoms with Gasteiger partial charge in [0.05, 0.1) is 17.7 Å². The molecular formula is C49H42N4O. The number of aromatic nitrogens is 2. The Bertz CT molecular complexity index is 2670. The fraction of sp³-hybridized carbons (Fsp3) is 0.122. The quantitative estimate of drug-likeness (QED) is 0.166. The number of ether oxygens (including phenoxy) is 1. The lowest BCUT2D eigenvalue weighted by atomic mass is 9.88. The molecule has 9 rings (SSSR count). The van der Waals surface area contributed by atoms with Crippen molar-refractivity contribution in [2.45, 2.75) is 33.1 Å². The molecule has 0 unspecified atom stereocenters. The first-order chi connectivity index (χ1) is 26.3. The van der Waals surface area contributed by atoms with Crippen LogP contribution in [0.3, 0.4) is 0 Å². The first-order valence-corrected chi connectivity index (χ1v) is 18.6. The normalized spacial score (nSPS) is 13.0. The highest BCUT2D eigenvalue weighted by Crippen LogP contribution is 2.39. The molecule has 0 radical (unpaired) electrons. The molecule has 1 aliphatic heterocycles. The van der Waals surface area contributed by atoms with Gasteiger partial charge in [-0.1, -0.05) is 112 Å². The zero-order valence-electron chi connectivity index (χ0n) is 31.1. The number of fused-ring (bicyclic) bond motifs is 3. The van der Waals surface area contributed by atoms with Crippen LogP contribution < -0.4 is 14.5 Å². The van der Waals surface area contributed by atoms with Gasteiger partial charge in [-0.15, -0.1) is 0 Å². The smallest absolute Gasteiger partial charge is 0.137 e. The van der Waals surface area contributed by atoms with Gasteiger partial charge in [-0.05, 0) is 94.3 Å². The molecule has 1 aliphatic rings. The number of hydrogen-bond donors (Lipinski definition) is 0. The van der Waals surface area contributed by atoms with Crippen LogP contribution in [-0.2, 0) is 5.41 Å². The van der Waals surface area contributed by atoms with Gasteiger partial charge in [0.2, 0.25) is 0 Å². The first kappa shape index (κ1) is 33.3. The third-order valence-electron chi connectivity index (χ3n) is 10.5. The van der Waals surface area contributed by atoms with Crippen molar-refractivity contribution in [3.05, 3.63) is 181 Å². The fourth-order valence-electron chi connectivity index (χ4n) is 7.62. The Kier molecular flexibility index (Phi) is 8.27. The molecule has 0 saturated carbocycles. The summed E-state index contributed by atoms with van der Waals surface area (Å²) in [7, 11) is 0. The lowest BCUT2D eigenvalue weighted by molar-refractivity contribution is 0.483. The summed E-state index contributed by atoms with van der Waals surface area (Å²) in [6.07, 6.45) is 6.25. The fourth-order valence-corrected chi connectivity index (χ4v) is 7.62. The molecule has 5 heteroatoms. The zero-order chi connectivity index (χ0) is 36.8. The third-order valence-corrected chi connectivity index (χ3v) is 10.5. The molecule has 6 aromatic carbocycles. The summed E-state index contributed by atoms with van der Waals surface area (Å²) in [4.78, 5) is 9.46. The number of hydrogen-bond acceptors (Lipinski definition) is 4. The number of benzene rings is 6. The minimum atomic E-state index is -0.00120. The van der Waals surface area contributed by atoms with Gasteiger partial charge in [-0.25, -0.2) is 4.98 Å². The van der Waals surface area contributed by atoms with E-state index < -0.39 is 0 Å². The van der Waals surface area contributed by atoms with Crippen LogP contribution in [0.2, 0.25) is 0 Å². The maximum absolute atomic E-state index is 6.81. The summed E-state index contributed by atoms with van der Waals surface area (Å²) < 4.78 is 9.07. The summed E-state index contributed by atoms with van der Waals surface area (Å²) in [6.45, 7) is 9.61. The van der Waals surface area contributed by atoms with Crippen molar-refractivity contribution in [2.75, 3.05) is 16.5 Å². The second-order valence-electron chi connectivity index (χ2n) is 15.1. The van der Waals surface area contributed by atoms with Crippen LogP contribution in [0.1, 0.15) is 31.9 Å². The standard InChI is InChI=1S/C49H42N4O/c1-34-42(36-16-9-6-10-17-36)19-13-21-45(34)52-27-26-51(33-52)39-28-37(35-14-7-5-8-15-35)29-41(31-39)54-40-22-23-44-43-18-11-12-20-46(43)53(47(44)32-40)48-30-38(24-25-50-48)49(2,3)4/h5-32H,33H2,1-4H3. The molecule has 0 fully saturated rings. The monoisotopic (exact) mass is 702 g/mol. The maximum Gasteiger partial charge on any atom is 0.137 e. The Balaban J connectivity index is 1.09. The molecule has 2 aromatic heterocycles. The van der Waals surface area contributed by atoms with Crippen LogP contribution in [-0.4, -0.2) is 16.2 Å². The predicted octanol–water partition coefficient (Wildman–Crippen LogP) is 12.7. The average molecular weight is 703 g/mol. The van der Waals surface area contributed by atoms with E-state index in [-0.39, 0.29) is 5.41 Å². The number of rotatable bonds is 7. The minimum absolute atomic E-state index is 0.00120. The second kappa shape index (κ2) is 13.4. The summed E-state index contributed by atoms with van der Waals surface area (Å²) >= 11 is 0. The molecule has 264 valence electrons. The maximum atomic E-state index is 6.81. The van der Waals surface area contributed by atoms with Gasteiger partial charge in [0.25, 0.3) is 0 Å². The number of anilines is 2. The predicted molar refractivity (Wildman–Crippen MR) is 225 cm³/mol. The lowest BCUT2D eigenvalue weighted by Gasteiger charge is -2.25. The van der Waals surface area contributed by atoms with Crippen molar-refractivity contribution in [1.29, 1.82) is 0 Å². The highest BCUT2D eigenvalue weighted by atomic mass is 16.5. The molecule has 3 heterocycles. The number of para-hydroxylation sites is 1. The van der Waals surface area contributed by atoms with Crippen LogP contribution in [0.15, 0.2) is 170 Å². The first-order valence-electron chi connectivity index (χ1n) is 18.6. The van der Waals surface area contributed by atoms with E-state index in [1.807, 2.05) is 6.20 Å². The van der Waals surface area contributed by atoms with Crippen LogP contribution in [0.5, 0.6) is 11.5 Å². The van der Waals surface area contributed by atoms with E-state index >= 15 is 0 Å².